The summed E-state index contributed by atoms with van der Waals surface area (Å²) in [6.07, 6.45) is 2.22. The summed E-state index contributed by atoms with van der Waals surface area (Å²) in [5, 5.41) is 0. The smallest absolute Gasteiger partial charge is 0.250 e. The Morgan fingerprint density at radius 2 is 2.18 bits per heavy atom. The Hall–Kier alpha value is -0.280. The van der Waals surface area contributed by atoms with E-state index in [1.165, 1.54) is 11.3 Å². The molecule has 17 heavy (non-hydrogen) atoms. The van der Waals surface area contributed by atoms with Crippen LogP contribution in [-0.2, 0) is 27.2 Å². The van der Waals surface area contributed by atoms with Crippen molar-refractivity contribution in [3.63, 3.8) is 0 Å². The van der Waals surface area contributed by atoms with Gasteiger partial charge in [0.1, 0.15) is 4.21 Å². The first kappa shape index (κ1) is 14.8. The summed E-state index contributed by atoms with van der Waals surface area (Å²) in [6.45, 7) is 0.692. The van der Waals surface area contributed by atoms with Gasteiger partial charge in [-0.1, -0.05) is 0 Å². The van der Waals surface area contributed by atoms with E-state index in [-0.39, 0.29) is 10.8 Å². The SMILES string of the molecule is CS(=O)CCNS(=O)(=O)c1ccc(CCN)s1. The molecular formula is C9H16N2O3S3. The molecule has 1 unspecified atom stereocenters. The lowest BCUT2D eigenvalue weighted by Gasteiger charge is -2.02. The van der Waals surface area contributed by atoms with Gasteiger partial charge in [0.15, 0.2) is 0 Å². The fourth-order valence-electron chi connectivity index (χ4n) is 1.17. The Labute approximate surface area is 108 Å². The summed E-state index contributed by atoms with van der Waals surface area (Å²) in [7, 11) is -4.45. The summed E-state index contributed by atoms with van der Waals surface area (Å²) in [5.74, 6) is 0.320. The number of hydrogen-bond donors (Lipinski definition) is 2. The maximum atomic E-state index is 11.8. The first-order valence-corrected chi connectivity index (χ1v) is 9.07. The second kappa shape index (κ2) is 6.60. The average molecular weight is 296 g/mol. The molecule has 0 fully saturated rings. The Bertz CT molecular complexity index is 481. The van der Waals surface area contributed by atoms with E-state index in [1.54, 1.807) is 18.4 Å². The molecule has 5 nitrogen and oxygen atoms in total. The first-order valence-electron chi connectivity index (χ1n) is 5.04. The molecule has 0 radical (unpaired) electrons. The highest BCUT2D eigenvalue weighted by atomic mass is 32.2. The van der Waals surface area contributed by atoms with Gasteiger partial charge in [-0.3, -0.25) is 4.21 Å². The fourth-order valence-corrected chi connectivity index (χ4v) is 4.14. The highest BCUT2D eigenvalue weighted by Gasteiger charge is 2.16. The summed E-state index contributed by atoms with van der Waals surface area (Å²) >= 11 is 1.22. The predicted octanol–water partition coefficient (Wildman–Crippen LogP) is -0.0939. The predicted molar refractivity (Wildman–Crippen MR) is 71.2 cm³/mol. The minimum Gasteiger partial charge on any atom is -0.330 e. The number of nitrogens with one attached hydrogen (secondary N) is 1. The van der Waals surface area contributed by atoms with Crippen molar-refractivity contribution in [2.24, 2.45) is 5.73 Å². The van der Waals surface area contributed by atoms with Crippen molar-refractivity contribution in [3.05, 3.63) is 17.0 Å². The molecule has 1 aromatic rings. The topological polar surface area (TPSA) is 89.3 Å². The van der Waals surface area contributed by atoms with Gasteiger partial charge >= 0.3 is 0 Å². The van der Waals surface area contributed by atoms with E-state index in [0.29, 0.717) is 18.7 Å². The normalized spacial score (nSPS) is 13.8. The Balaban J connectivity index is 2.65. The Morgan fingerprint density at radius 3 is 2.76 bits per heavy atom. The molecule has 1 aromatic heterocycles. The lowest BCUT2D eigenvalue weighted by atomic mass is 10.3. The molecule has 0 aliphatic rings. The Morgan fingerprint density at radius 1 is 1.47 bits per heavy atom. The summed E-state index contributed by atoms with van der Waals surface area (Å²) in [5.41, 5.74) is 5.40. The van der Waals surface area contributed by atoms with E-state index >= 15 is 0 Å². The van der Waals surface area contributed by atoms with Crippen LogP contribution in [0.1, 0.15) is 4.88 Å². The van der Waals surface area contributed by atoms with Gasteiger partial charge in [-0.2, -0.15) is 0 Å². The van der Waals surface area contributed by atoms with Crippen LogP contribution in [0.3, 0.4) is 0 Å². The highest BCUT2D eigenvalue weighted by Crippen LogP contribution is 2.21. The molecule has 0 spiro atoms. The van der Waals surface area contributed by atoms with Crippen molar-refractivity contribution >= 4 is 32.2 Å². The van der Waals surface area contributed by atoms with Crippen LogP contribution < -0.4 is 10.5 Å². The van der Waals surface area contributed by atoms with Gasteiger partial charge in [0.05, 0.1) is 0 Å². The van der Waals surface area contributed by atoms with E-state index in [4.69, 9.17) is 5.73 Å². The molecule has 0 saturated heterocycles. The zero-order valence-electron chi connectivity index (χ0n) is 9.51. The Kier molecular flexibility index (Phi) is 5.74. The average Bonchev–Trinajstić information content (AvgIpc) is 2.66. The lowest BCUT2D eigenvalue weighted by molar-refractivity contribution is 0.586. The van der Waals surface area contributed by atoms with Crippen LogP contribution in [0.4, 0.5) is 0 Å². The van der Waals surface area contributed by atoms with Crippen LogP contribution in [0.15, 0.2) is 16.3 Å². The molecule has 1 rings (SSSR count). The third kappa shape index (κ3) is 4.84. The molecule has 0 bridgehead atoms. The standard InChI is InChI=1S/C9H16N2O3S3/c1-16(12)7-6-11-17(13,14)9-3-2-8(15-9)4-5-10/h2-3,11H,4-7,10H2,1H3. The maximum Gasteiger partial charge on any atom is 0.250 e. The molecule has 1 atom stereocenters. The van der Waals surface area contributed by atoms with E-state index in [1.807, 2.05) is 0 Å². The van der Waals surface area contributed by atoms with Gasteiger partial charge in [-0.15, -0.1) is 11.3 Å². The van der Waals surface area contributed by atoms with E-state index in [0.717, 1.165) is 4.88 Å². The second-order valence-electron chi connectivity index (χ2n) is 3.43. The van der Waals surface area contributed by atoms with Gasteiger partial charge in [-0.05, 0) is 25.1 Å². The third-order valence-electron chi connectivity index (χ3n) is 1.97. The summed E-state index contributed by atoms with van der Waals surface area (Å²) < 4.78 is 37.1. The molecule has 0 saturated carbocycles. The van der Waals surface area contributed by atoms with Crippen molar-refractivity contribution in [2.45, 2.75) is 10.6 Å². The molecule has 1 heterocycles. The lowest BCUT2D eigenvalue weighted by Crippen LogP contribution is -2.27. The minimum absolute atomic E-state index is 0.190. The third-order valence-corrected chi connectivity index (χ3v) is 5.85. The number of nitrogens with two attached hydrogens (primary N) is 1. The van der Waals surface area contributed by atoms with Crippen LogP contribution in [0.5, 0.6) is 0 Å². The van der Waals surface area contributed by atoms with Gasteiger partial charge < -0.3 is 5.73 Å². The summed E-state index contributed by atoms with van der Waals surface area (Å²) in [4.78, 5) is 0.951. The van der Waals surface area contributed by atoms with Gasteiger partial charge in [0.2, 0.25) is 10.0 Å². The van der Waals surface area contributed by atoms with Crippen molar-refractivity contribution in [2.75, 3.05) is 25.1 Å². The van der Waals surface area contributed by atoms with Crippen LogP contribution in [0.2, 0.25) is 0 Å². The molecule has 0 aromatic carbocycles. The quantitative estimate of drug-likeness (QED) is 0.735. The zero-order valence-corrected chi connectivity index (χ0v) is 12.0. The molecule has 0 aliphatic heterocycles. The highest BCUT2D eigenvalue weighted by molar-refractivity contribution is 7.91. The van der Waals surface area contributed by atoms with Crippen LogP contribution >= 0.6 is 11.3 Å². The zero-order chi connectivity index (χ0) is 12.9. The van der Waals surface area contributed by atoms with Gasteiger partial charge in [-0.25, -0.2) is 13.1 Å². The van der Waals surface area contributed by atoms with Crippen molar-refractivity contribution < 1.29 is 12.6 Å². The number of sulfonamides is 1. The molecule has 0 aliphatic carbocycles. The van der Waals surface area contributed by atoms with E-state index in [9.17, 15) is 12.6 Å². The minimum atomic E-state index is -3.46. The van der Waals surface area contributed by atoms with Gasteiger partial charge in [0.25, 0.3) is 0 Å². The van der Waals surface area contributed by atoms with Crippen LogP contribution in [0, 0.1) is 0 Å². The maximum absolute atomic E-state index is 11.8. The van der Waals surface area contributed by atoms with Crippen molar-refractivity contribution in [1.82, 2.24) is 4.72 Å². The summed E-state index contributed by atoms with van der Waals surface area (Å²) in [6, 6.07) is 3.34. The number of rotatable bonds is 7. The van der Waals surface area contributed by atoms with Crippen molar-refractivity contribution in [1.29, 1.82) is 0 Å². The molecule has 98 valence electrons. The fraction of sp³-hybridized carbons (Fsp3) is 0.556. The van der Waals surface area contributed by atoms with Crippen LogP contribution in [-0.4, -0.2) is 37.7 Å². The van der Waals surface area contributed by atoms with Gasteiger partial charge in [0, 0.05) is 34.2 Å². The molecule has 3 N–H and O–H groups in total. The first-order chi connectivity index (χ1) is 7.95. The number of thiophene rings is 1. The second-order valence-corrected chi connectivity index (χ2v) is 8.15. The largest absolute Gasteiger partial charge is 0.330 e. The molecular weight excluding hydrogens is 280 g/mol. The van der Waals surface area contributed by atoms with E-state index < -0.39 is 20.8 Å². The van der Waals surface area contributed by atoms with E-state index in [2.05, 4.69) is 4.72 Å². The molecule has 8 heteroatoms. The van der Waals surface area contributed by atoms with Crippen LogP contribution in [0.25, 0.3) is 0 Å². The molecule has 0 amide bonds. The number of hydrogen-bond acceptors (Lipinski definition) is 5. The van der Waals surface area contributed by atoms with Crippen molar-refractivity contribution in [3.8, 4) is 0 Å². The monoisotopic (exact) mass is 296 g/mol.